The molecule has 0 saturated heterocycles. The van der Waals surface area contributed by atoms with Crippen LogP contribution in [0.25, 0.3) is 33.2 Å². The van der Waals surface area contributed by atoms with Gasteiger partial charge in [-0.05, 0) is 54.4 Å². The number of benzene rings is 3. The van der Waals surface area contributed by atoms with Crippen LogP contribution in [0.3, 0.4) is 0 Å². The predicted molar refractivity (Wildman–Crippen MR) is 116 cm³/mol. The van der Waals surface area contributed by atoms with Crippen molar-refractivity contribution in [1.82, 2.24) is 10.2 Å². The zero-order valence-electron chi connectivity index (χ0n) is 17.2. The fraction of sp³-hybridized carbons (Fsp3) is 0.130. The van der Waals surface area contributed by atoms with Crippen molar-refractivity contribution < 1.29 is 23.1 Å². The van der Waals surface area contributed by atoms with Gasteiger partial charge in [0.1, 0.15) is 5.75 Å². The number of halogens is 3. The van der Waals surface area contributed by atoms with Gasteiger partial charge in [-0.3, -0.25) is 5.10 Å². The first-order valence-corrected chi connectivity index (χ1v) is 9.54. The number of nitrogens with zero attached hydrogens (tertiary/aromatic N) is 2. The second-order valence-corrected chi connectivity index (χ2v) is 7.31. The number of aromatic nitrogens is 2. The van der Waals surface area contributed by atoms with Crippen molar-refractivity contribution in [3.05, 3.63) is 71.4 Å². The van der Waals surface area contributed by atoms with Crippen LogP contribution in [0.2, 0.25) is 0 Å². The molecule has 1 heterocycles. The number of aryl methyl sites for hydroxylation is 1. The number of oxime groups is 1. The summed E-state index contributed by atoms with van der Waals surface area (Å²) in [6.45, 7) is 1.85. The summed E-state index contributed by atoms with van der Waals surface area (Å²) in [6, 6.07) is 12.4. The maximum absolute atomic E-state index is 13.8. The summed E-state index contributed by atoms with van der Waals surface area (Å²) in [5.41, 5.74) is 8.14. The zero-order valence-corrected chi connectivity index (χ0v) is 17.2. The molecule has 0 bridgehead atoms. The molecule has 0 aliphatic rings. The van der Waals surface area contributed by atoms with Crippen LogP contribution in [-0.4, -0.2) is 28.4 Å². The van der Waals surface area contributed by atoms with E-state index in [1.54, 1.807) is 36.5 Å². The summed E-state index contributed by atoms with van der Waals surface area (Å²) in [4.78, 5) is 0. The fourth-order valence-electron chi connectivity index (χ4n) is 3.71. The number of ether oxygens (including phenoxy) is 1. The molecule has 3 aromatic carbocycles. The summed E-state index contributed by atoms with van der Waals surface area (Å²) >= 11 is 0. The molecule has 0 saturated carbocycles. The molecule has 32 heavy (non-hydrogen) atoms. The Labute approximate surface area is 181 Å². The van der Waals surface area contributed by atoms with Crippen LogP contribution in [0.5, 0.6) is 5.75 Å². The number of rotatable bonds is 4. The van der Waals surface area contributed by atoms with Gasteiger partial charge in [0.25, 0.3) is 0 Å². The molecule has 0 atom stereocenters. The van der Waals surface area contributed by atoms with Crippen LogP contribution < -0.4 is 10.5 Å². The summed E-state index contributed by atoms with van der Waals surface area (Å²) in [7, 11) is 1.47. The number of alkyl halides is 3. The van der Waals surface area contributed by atoms with Gasteiger partial charge < -0.3 is 15.7 Å². The molecule has 0 aliphatic carbocycles. The number of fused-ring (bicyclic) bond motifs is 1. The van der Waals surface area contributed by atoms with Crippen molar-refractivity contribution in [1.29, 1.82) is 0 Å². The highest BCUT2D eigenvalue weighted by atomic mass is 19.4. The Hall–Kier alpha value is -4.01. The fourth-order valence-corrected chi connectivity index (χ4v) is 3.71. The van der Waals surface area contributed by atoms with Crippen LogP contribution in [0.4, 0.5) is 13.2 Å². The molecule has 0 aliphatic heterocycles. The van der Waals surface area contributed by atoms with Crippen molar-refractivity contribution in [2.75, 3.05) is 7.11 Å². The standard InChI is InChI=1S/C23H19F3N4O2/c1-12-3-6-20(32-2)17(7-12)21-16(13-4-5-19-14(8-13)11-28-29-19)9-15(23(24,25)26)10-18(21)22(27)30-31/h3-11,31H,1-2H3,(H2,27,30)(H,28,29). The van der Waals surface area contributed by atoms with Crippen molar-refractivity contribution in [2.45, 2.75) is 13.1 Å². The monoisotopic (exact) mass is 440 g/mol. The maximum Gasteiger partial charge on any atom is 0.416 e. The van der Waals surface area contributed by atoms with Gasteiger partial charge in [-0.2, -0.15) is 18.3 Å². The van der Waals surface area contributed by atoms with E-state index in [1.165, 1.54) is 7.11 Å². The molecule has 4 aromatic rings. The molecule has 0 spiro atoms. The third kappa shape index (κ3) is 3.73. The molecular formula is C23H19F3N4O2. The van der Waals surface area contributed by atoms with Crippen molar-refractivity contribution in [3.63, 3.8) is 0 Å². The van der Waals surface area contributed by atoms with E-state index >= 15 is 0 Å². The van der Waals surface area contributed by atoms with Crippen LogP contribution in [-0.2, 0) is 6.18 Å². The highest BCUT2D eigenvalue weighted by molar-refractivity contribution is 6.08. The summed E-state index contributed by atoms with van der Waals surface area (Å²) < 4.78 is 46.9. The van der Waals surface area contributed by atoms with Gasteiger partial charge in [0, 0.05) is 22.1 Å². The number of amidine groups is 1. The molecule has 1 aromatic heterocycles. The van der Waals surface area contributed by atoms with E-state index in [1.807, 2.05) is 13.0 Å². The van der Waals surface area contributed by atoms with Crippen molar-refractivity contribution in [3.8, 4) is 28.0 Å². The Kier molecular flexibility index (Phi) is 5.25. The summed E-state index contributed by atoms with van der Waals surface area (Å²) in [5, 5.41) is 19.9. The SMILES string of the molecule is COc1ccc(C)cc1-c1c(/C(N)=N/O)cc(C(F)(F)F)cc1-c1ccc2[nH]ncc2c1. The second-order valence-electron chi connectivity index (χ2n) is 7.31. The highest BCUT2D eigenvalue weighted by Crippen LogP contribution is 2.44. The van der Waals surface area contributed by atoms with Gasteiger partial charge in [-0.1, -0.05) is 22.9 Å². The molecule has 6 nitrogen and oxygen atoms in total. The third-order valence-electron chi connectivity index (χ3n) is 5.22. The van der Waals surface area contributed by atoms with E-state index in [2.05, 4.69) is 15.4 Å². The van der Waals surface area contributed by atoms with Crippen LogP contribution in [0.15, 0.2) is 59.9 Å². The first kappa shape index (κ1) is 21.2. The smallest absolute Gasteiger partial charge is 0.416 e. The van der Waals surface area contributed by atoms with Gasteiger partial charge >= 0.3 is 6.18 Å². The van der Waals surface area contributed by atoms with Gasteiger partial charge in [0.15, 0.2) is 5.84 Å². The van der Waals surface area contributed by atoms with Gasteiger partial charge in [0.2, 0.25) is 0 Å². The van der Waals surface area contributed by atoms with Gasteiger partial charge in [-0.25, -0.2) is 0 Å². The Morgan fingerprint density at radius 3 is 2.56 bits per heavy atom. The second kappa shape index (κ2) is 7.92. The number of hydrogen-bond donors (Lipinski definition) is 3. The topological polar surface area (TPSA) is 96.5 Å². The highest BCUT2D eigenvalue weighted by Gasteiger charge is 2.33. The van der Waals surface area contributed by atoms with Crippen molar-refractivity contribution >= 4 is 16.7 Å². The summed E-state index contributed by atoms with van der Waals surface area (Å²) in [5.74, 6) is -0.00622. The predicted octanol–water partition coefficient (Wildman–Crippen LogP) is 5.33. The molecule has 0 fully saturated rings. The molecular weight excluding hydrogens is 421 g/mol. The molecule has 164 valence electrons. The largest absolute Gasteiger partial charge is 0.496 e. The van der Waals surface area contributed by atoms with Crippen LogP contribution in [0.1, 0.15) is 16.7 Å². The van der Waals surface area contributed by atoms with Crippen LogP contribution >= 0.6 is 0 Å². The molecule has 4 rings (SSSR count). The quantitative estimate of drug-likeness (QED) is 0.173. The minimum atomic E-state index is -4.64. The average molecular weight is 440 g/mol. The van der Waals surface area contributed by atoms with Crippen LogP contribution in [0, 0.1) is 6.92 Å². The maximum atomic E-state index is 13.8. The van der Waals surface area contributed by atoms with E-state index in [9.17, 15) is 18.4 Å². The Morgan fingerprint density at radius 2 is 1.88 bits per heavy atom. The number of hydrogen-bond acceptors (Lipinski definition) is 4. The Bertz CT molecular complexity index is 1340. The number of H-pyrrole nitrogens is 1. The van der Waals surface area contributed by atoms with E-state index in [0.29, 0.717) is 22.4 Å². The van der Waals surface area contributed by atoms with Gasteiger partial charge in [0.05, 0.1) is 24.4 Å². The normalized spacial score (nSPS) is 12.3. The van der Waals surface area contributed by atoms with E-state index in [-0.39, 0.29) is 11.1 Å². The number of nitrogens with two attached hydrogens (primary N) is 1. The zero-order chi connectivity index (χ0) is 23.0. The lowest BCUT2D eigenvalue weighted by atomic mass is 9.86. The van der Waals surface area contributed by atoms with E-state index in [0.717, 1.165) is 28.6 Å². The number of aromatic amines is 1. The van der Waals surface area contributed by atoms with E-state index < -0.39 is 17.6 Å². The third-order valence-corrected chi connectivity index (χ3v) is 5.22. The molecule has 9 heteroatoms. The lowest BCUT2D eigenvalue weighted by molar-refractivity contribution is -0.137. The van der Waals surface area contributed by atoms with Crippen molar-refractivity contribution in [2.24, 2.45) is 10.9 Å². The lowest BCUT2D eigenvalue weighted by Gasteiger charge is -2.20. The first-order chi connectivity index (χ1) is 15.2. The summed E-state index contributed by atoms with van der Waals surface area (Å²) in [6.07, 6.45) is -3.06. The molecule has 4 N–H and O–H groups in total. The molecule has 0 radical (unpaired) electrons. The Balaban J connectivity index is 2.16. The van der Waals surface area contributed by atoms with E-state index in [4.69, 9.17) is 10.5 Å². The van der Waals surface area contributed by atoms with Gasteiger partial charge in [-0.15, -0.1) is 0 Å². The Morgan fingerprint density at radius 1 is 1.09 bits per heavy atom. The lowest BCUT2D eigenvalue weighted by Crippen LogP contribution is -2.17. The average Bonchev–Trinajstić information content (AvgIpc) is 3.25. The minimum Gasteiger partial charge on any atom is -0.496 e. The number of nitrogens with one attached hydrogen (secondary N) is 1. The first-order valence-electron chi connectivity index (χ1n) is 9.54. The number of methoxy groups -OCH3 is 1. The minimum absolute atomic E-state index is 0.0616. The molecule has 0 unspecified atom stereocenters. The molecule has 0 amide bonds.